The molecule has 0 aromatic heterocycles. The smallest absolute Gasteiger partial charge is 0.340 e. The molecule has 0 radical (unpaired) electrons. The second-order valence-corrected chi connectivity index (χ2v) is 8.67. The largest absolute Gasteiger partial charge is 0.507 e. The van der Waals surface area contributed by atoms with Gasteiger partial charge in [0.15, 0.2) is 0 Å². The lowest BCUT2D eigenvalue weighted by atomic mass is 9.88. The third kappa shape index (κ3) is 3.63. The molecule has 1 aliphatic heterocycles. The first-order valence-corrected chi connectivity index (χ1v) is 9.96. The Morgan fingerprint density at radius 2 is 1.83 bits per heavy atom. The molecule has 2 aliphatic rings. The lowest BCUT2D eigenvalue weighted by Gasteiger charge is -2.40. The van der Waals surface area contributed by atoms with Crippen LogP contribution in [0.5, 0.6) is 0 Å². The van der Waals surface area contributed by atoms with Gasteiger partial charge < -0.3 is 14.7 Å². The van der Waals surface area contributed by atoms with E-state index in [4.69, 9.17) is 4.74 Å². The van der Waals surface area contributed by atoms with Gasteiger partial charge in [-0.15, -0.1) is 0 Å². The molecule has 1 unspecified atom stereocenters. The van der Waals surface area contributed by atoms with Gasteiger partial charge in [-0.3, -0.25) is 10.1 Å². The molecule has 7 heteroatoms. The van der Waals surface area contributed by atoms with E-state index in [1.54, 1.807) is 26.8 Å². The number of anilines is 1. The molecule has 1 N–H and O–H groups in total. The molecule has 4 rings (SSSR count). The van der Waals surface area contributed by atoms with Crippen molar-refractivity contribution in [1.82, 2.24) is 0 Å². The Morgan fingerprint density at radius 3 is 2.40 bits per heavy atom. The Bertz CT molecular complexity index is 1040. The maximum atomic E-state index is 13.2. The number of nitrogens with zero attached hydrogens (tertiary/aromatic N) is 2. The molecule has 0 saturated heterocycles. The summed E-state index contributed by atoms with van der Waals surface area (Å²) in [5.74, 6) is -0.898. The first-order chi connectivity index (χ1) is 14.2. The molecule has 1 heterocycles. The second kappa shape index (κ2) is 7.16. The first-order valence-electron chi connectivity index (χ1n) is 9.96. The van der Waals surface area contributed by atoms with Crippen LogP contribution >= 0.6 is 0 Å². The Labute approximate surface area is 174 Å². The molecular weight excluding hydrogens is 384 g/mol. The summed E-state index contributed by atoms with van der Waals surface area (Å²) in [5.41, 5.74) is 1.03. The van der Waals surface area contributed by atoms with E-state index in [1.807, 2.05) is 30.3 Å². The molecule has 1 saturated carbocycles. The molecule has 2 aromatic carbocycles. The molecule has 0 amide bonds. The topological polar surface area (TPSA) is 92.9 Å². The van der Waals surface area contributed by atoms with Crippen LogP contribution in [0.2, 0.25) is 0 Å². The number of fused-ring (bicyclic) bond motifs is 1. The minimum atomic E-state index is -0.751. The molecule has 7 nitrogen and oxygen atoms in total. The van der Waals surface area contributed by atoms with Gasteiger partial charge in [0.25, 0.3) is 5.69 Å². The monoisotopic (exact) mass is 408 g/mol. The maximum Gasteiger partial charge on any atom is 0.340 e. The van der Waals surface area contributed by atoms with Crippen LogP contribution in [0.4, 0.5) is 11.4 Å². The van der Waals surface area contributed by atoms with E-state index in [9.17, 15) is 20.0 Å². The van der Waals surface area contributed by atoms with Gasteiger partial charge in [-0.1, -0.05) is 30.3 Å². The van der Waals surface area contributed by atoms with Crippen molar-refractivity contribution in [2.45, 2.75) is 51.3 Å². The number of rotatable bonds is 4. The molecule has 1 fully saturated rings. The number of carbonyl (C=O) groups excluding carboxylic acids is 1. The molecule has 156 valence electrons. The fraction of sp³-hybridized carbons (Fsp3) is 0.348. The summed E-state index contributed by atoms with van der Waals surface area (Å²) < 4.78 is 5.62. The number of ether oxygens (including phenoxy) is 1. The normalized spacial score (nSPS) is 18.8. The molecular formula is C23H24N2O5. The van der Waals surface area contributed by atoms with E-state index in [2.05, 4.69) is 4.90 Å². The van der Waals surface area contributed by atoms with Gasteiger partial charge in [-0.2, -0.15) is 0 Å². The summed E-state index contributed by atoms with van der Waals surface area (Å²) in [4.78, 5) is 26.1. The standard InChI is InChI=1S/C23H24N2O5/c1-23(2,3)30-22(27)19-20(14-7-5-4-6-8-14)24(15-9-10-15)18-12-11-16(25(28)29)13-17(18)21(19)26/h4-8,11-13,15,20,26H,9-10H2,1-3H3. The van der Waals surface area contributed by atoms with Crippen molar-refractivity contribution in [3.05, 3.63) is 75.3 Å². The molecule has 30 heavy (non-hydrogen) atoms. The highest BCUT2D eigenvalue weighted by molar-refractivity contribution is 6.02. The molecule has 0 bridgehead atoms. The van der Waals surface area contributed by atoms with Crippen LogP contribution in [0.1, 0.15) is 50.8 Å². The lowest BCUT2D eigenvalue weighted by molar-refractivity contribution is -0.384. The number of esters is 1. The number of aliphatic hydroxyl groups excluding tert-OH is 1. The van der Waals surface area contributed by atoms with Crippen molar-refractivity contribution in [1.29, 1.82) is 0 Å². The minimum absolute atomic E-state index is 0.107. The van der Waals surface area contributed by atoms with E-state index >= 15 is 0 Å². The predicted molar refractivity (Wildman–Crippen MR) is 113 cm³/mol. The Hall–Kier alpha value is -3.35. The zero-order chi connectivity index (χ0) is 21.6. The van der Waals surface area contributed by atoms with Crippen LogP contribution in [0, 0.1) is 10.1 Å². The fourth-order valence-electron chi connectivity index (χ4n) is 3.87. The Balaban J connectivity index is 1.95. The van der Waals surface area contributed by atoms with Crippen LogP contribution in [0.3, 0.4) is 0 Å². The maximum absolute atomic E-state index is 13.2. The van der Waals surface area contributed by atoms with E-state index in [0.29, 0.717) is 5.69 Å². The average molecular weight is 408 g/mol. The van der Waals surface area contributed by atoms with Crippen molar-refractivity contribution >= 4 is 23.1 Å². The summed E-state index contributed by atoms with van der Waals surface area (Å²) in [6, 6.07) is 13.5. The number of hydrogen-bond donors (Lipinski definition) is 1. The quantitative estimate of drug-likeness (QED) is 0.438. The van der Waals surface area contributed by atoms with E-state index in [1.165, 1.54) is 12.1 Å². The zero-order valence-corrected chi connectivity index (χ0v) is 17.2. The number of nitro benzene ring substituents is 1. The number of nitro groups is 1. The predicted octanol–water partition coefficient (Wildman–Crippen LogP) is 4.93. The van der Waals surface area contributed by atoms with Crippen molar-refractivity contribution in [2.75, 3.05) is 4.90 Å². The second-order valence-electron chi connectivity index (χ2n) is 8.67. The lowest BCUT2D eigenvalue weighted by Crippen LogP contribution is -2.39. The number of aliphatic hydroxyl groups is 1. The third-order valence-electron chi connectivity index (χ3n) is 5.21. The zero-order valence-electron chi connectivity index (χ0n) is 17.2. The minimum Gasteiger partial charge on any atom is -0.507 e. The third-order valence-corrected chi connectivity index (χ3v) is 5.21. The van der Waals surface area contributed by atoms with E-state index < -0.39 is 22.5 Å². The van der Waals surface area contributed by atoms with Gasteiger partial charge in [0.2, 0.25) is 0 Å². The van der Waals surface area contributed by atoms with Gasteiger partial charge in [0, 0.05) is 29.4 Å². The highest BCUT2D eigenvalue weighted by atomic mass is 16.6. The molecule has 1 aliphatic carbocycles. The van der Waals surface area contributed by atoms with Gasteiger partial charge >= 0.3 is 5.97 Å². The summed E-state index contributed by atoms with van der Waals surface area (Å²) >= 11 is 0. The molecule has 0 spiro atoms. The van der Waals surface area contributed by atoms with Crippen molar-refractivity contribution in [3.8, 4) is 0 Å². The van der Waals surface area contributed by atoms with Gasteiger partial charge in [0.1, 0.15) is 16.9 Å². The highest BCUT2D eigenvalue weighted by Crippen LogP contribution is 2.50. The SMILES string of the molecule is CC(C)(C)OC(=O)C1=C(O)c2cc([N+](=O)[O-])ccc2N(C2CC2)C1c1ccccc1. The summed E-state index contributed by atoms with van der Waals surface area (Å²) in [6.07, 6.45) is 1.89. The Morgan fingerprint density at radius 1 is 1.17 bits per heavy atom. The van der Waals surface area contributed by atoms with E-state index in [-0.39, 0.29) is 28.6 Å². The number of non-ortho nitro benzene ring substituents is 1. The van der Waals surface area contributed by atoms with Crippen molar-refractivity contribution in [2.24, 2.45) is 0 Å². The fourth-order valence-corrected chi connectivity index (χ4v) is 3.87. The van der Waals surface area contributed by atoms with Crippen molar-refractivity contribution in [3.63, 3.8) is 0 Å². The van der Waals surface area contributed by atoms with Crippen LogP contribution in [-0.2, 0) is 9.53 Å². The van der Waals surface area contributed by atoms with Crippen LogP contribution in [-0.4, -0.2) is 27.6 Å². The van der Waals surface area contributed by atoms with Crippen LogP contribution < -0.4 is 4.90 Å². The van der Waals surface area contributed by atoms with Crippen LogP contribution in [0.15, 0.2) is 54.1 Å². The van der Waals surface area contributed by atoms with Gasteiger partial charge in [-0.05, 0) is 45.2 Å². The Kier molecular flexibility index (Phi) is 4.76. The summed E-state index contributed by atoms with van der Waals surface area (Å²) in [6.45, 7) is 5.29. The van der Waals surface area contributed by atoms with Gasteiger partial charge in [0.05, 0.1) is 11.0 Å². The average Bonchev–Trinajstić information content (AvgIpc) is 3.51. The molecule has 1 atom stereocenters. The molecule has 2 aromatic rings. The number of hydrogen-bond acceptors (Lipinski definition) is 6. The first kappa shape index (κ1) is 19.9. The van der Waals surface area contributed by atoms with Gasteiger partial charge in [-0.25, -0.2) is 4.79 Å². The van der Waals surface area contributed by atoms with E-state index in [0.717, 1.165) is 18.4 Å². The van der Waals surface area contributed by atoms with Crippen LogP contribution in [0.25, 0.3) is 5.76 Å². The number of benzene rings is 2. The number of carbonyl (C=O) groups is 1. The summed E-state index contributed by atoms with van der Waals surface area (Å²) in [5, 5.41) is 22.5. The van der Waals surface area contributed by atoms with Crippen molar-refractivity contribution < 1.29 is 19.6 Å². The highest BCUT2D eigenvalue weighted by Gasteiger charge is 2.45. The summed E-state index contributed by atoms with van der Waals surface area (Å²) in [7, 11) is 0.